The minimum absolute atomic E-state index is 0.873. The van der Waals surface area contributed by atoms with Gasteiger partial charge in [-0.25, -0.2) is 0 Å². The van der Waals surface area contributed by atoms with E-state index >= 15 is 0 Å². The largest absolute Gasteiger partial charge is 0.358 e. The molecular weight excluding hydrogens is 114 g/mol. The van der Waals surface area contributed by atoms with Gasteiger partial charge in [0.2, 0.25) is 0 Å². The Balaban J connectivity index is 2.23. The molecular formula is C6H7N3. The van der Waals surface area contributed by atoms with Crippen molar-refractivity contribution in [3.63, 3.8) is 0 Å². The van der Waals surface area contributed by atoms with Gasteiger partial charge in [0.25, 0.3) is 0 Å². The predicted octanol–water partition coefficient (Wildman–Crippen LogP) is -0.186. The molecule has 2 heterocycles. The zero-order valence-corrected chi connectivity index (χ0v) is 4.96. The second-order valence-electron chi connectivity index (χ2n) is 2.03. The van der Waals surface area contributed by atoms with Crippen molar-refractivity contribution < 1.29 is 0 Å². The Morgan fingerprint density at radius 2 is 2.78 bits per heavy atom. The van der Waals surface area contributed by atoms with Crippen molar-refractivity contribution in [2.45, 2.75) is 0 Å². The molecule has 0 bridgehead atoms. The van der Waals surface area contributed by atoms with Crippen molar-refractivity contribution in [1.29, 1.82) is 0 Å². The molecule has 1 fully saturated rings. The summed E-state index contributed by atoms with van der Waals surface area (Å²) >= 11 is 0. The predicted molar refractivity (Wildman–Crippen MR) is 34.5 cm³/mol. The van der Waals surface area contributed by atoms with E-state index < -0.39 is 0 Å². The van der Waals surface area contributed by atoms with Crippen LogP contribution in [0.25, 0.3) is 0 Å². The first-order valence-electron chi connectivity index (χ1n) is 2.92. The topological polar surface area (TPSA) is 27.6 Å². The van der Waals surface area contributed by atoms with Crippen molar-refractivity contribution >= 4 is 6.21 Å². The van der Waals surface area contributed by atoms with Crippen molar-refractivity contribution in [3.8, 4) is 0 Å². The Bertz CT molecular complexity index is 171. The van der Waals surface area contributed by atoms with Crippen LogP contribution in [0.1, 0.15) is 0 Å². The van der Waals surface area contributed by atoms with Crippen LogP contribution in [0.2, 0.25) is 0 Å². The fourth-order valence-electron chi connectivity index (χ4n) is 0.936. The quantitative estimate of drug-likeness (QED) is 0.481. The molecule has 0 amide bonds. The molecule has 1 saturated heterocycles. The van der Waals surface area contributed by atoms with E-state index in [2.05, 4.69) is 21.8 Å². The summed E-state index contributed by atoms with van der Waals surface area (Å²) in [6, 6.07) is 0. The first-order valence-corrected chi connectivity index (χ1v) is 2.92. The van der Waals surface area contributed by atoms with Gasteiger partial charge in [0.15, 0.2) is 0 Å². The number of hydrogen-bond acceptors (Lipinski definition) is 3. The third kappa shape index (κ3) is 0.686. The summed E-state index contributed by atoms with van der Waals surface area (Å²) in [5.41, 5.74) is 0. The molecule has 0 atom stereocenters. The molecule has 0 unspecified atom stereocenters. The van der Waals surface area contributed by atoms with Crippen LogP contribution in [0.15, 0.2) is 17.0 Å². The van der Waals surface area contributed by atoms with Crippen molar-refractivity contribution in [2.75, 3.05) is 13.1 Å². The molecule has 0 aromatic carbocycles. The van der Waals surface area contributed by atoms with Crippen molar-refractivity contribution in [1.82, 2.24) is 10.2 Å². The molecule has 0 spiro atoms. The molecule has 0 aromatic heterocycles. The van der Waals surface area contributed by atoms with Crippen LogP contribution in [0.5, 0.6) is 0 Å². The molecule has 46 valence electrons. The molecule has 2 rings (SSSR count). The average molecular weight is 121 g/mol. The maximum absolute atomic E-state index is 3.99. The molecule has 2 aliphatic heterocycles. The van der Waals surface area contributed by atoms with E-state index in [-0.39, 0.29) is 0 Å². The molecule has 0 saturated carbocycles. The van der Waals surface area contributed by atoms with Gasteiger partial charge in [-0.05, 0) is 0 Å². The van der Waals surface area contributed by atoms with Crippen LogP contribution in [-0.2, 0) is 0 Å². The minimum atomic E-state index is 0.873. The number of aliphatic imine (C=N–C) groups is 1. The van der Waals surface area contributed by atoms with Gasteiger partial charge in [-0.2, -0.15) is 0 Å². The minimum Gasteiger partial charge on any atom is -0.358 e. The van der Waals surface area contributed by atoms with Gasteiger partial charge < -0.3 is 10.2 Å². The van der Waals surface area contributed by atoms with Gasteiger partial charge in [-0.1, -0.05) is 0 Å². The number of nitrogens with zero attached hydrogens (tertiary/aromatic N) is 2. The van der Waals surface area contributed by atoms with Crippen LogP contribution < -0.4 is 5.32 Å². The normalized spacial score (nSPS) is 23.1. The third-order valence-corrected chi connectivity index (χ3v) is 1.43. The number of hydrogen-bond donors (Lipinski definition) is 1. The van der Waals surface area contributed by atoms with E-state index in [0.29, 0.717) is 0 Å². The first kappa shape index (κ1) is 4.85. The van der Waals surface area contributed by atoms with Gasteiger partial charge in [0.1, 0.15) is 12.4 Å². The first-order chi connectivity index (χ1) is 4.47. The van der Waals surface area contributed by atoms with Crippen LogP contribution in [0, 0.1) is 6.54 Å². The second-order valence-corrected chi connectivity index (χ2v) is 2.03. The maximum Gasteiger partial charge on any atom is 0.121 e. The summed E-state index contributed by atoms with van der Waals surface area (Å²) in [6.45, 7) is 4.77. The number of fused-ring (bicyclic) bond motifs is 1. The Labute approximate surface area is 54.1 Å². The summed E-state index contributed by atoms with van der Waals surface area (Å²) in [7, 11) is 0. The van der Waals surface area contributed by atoms with E-state index in [1.165, 1.54) is 0 Å². The summed E-state index contributed by atoms with van der Waals surface area (Å²) in [4.78, 5) is 6.15. The van der Waals surface area contributed by atoms with Gasteiger partial charge in [-0.15, -0.1) is 0 Å². The molecule has 1 N–H and O–H groups in total. The van der Waals surface area contributed by atoms with Crippen LogP contribution in [-0.4, -0.2) is 24.2 Å². The fraction of sp³-hybridized carbons (Fsp3) is 0.333. The second kappa shape index (κ2) is 1.76. The zero-order valence-electron chi connectivity index (χ0n) is 4.96. The van der Waals surface area contributed by atoms with E-state index in [4.69, 9.17) is 0 Å². The summed E-state index contributed by atoms with van der Waals surface area (Å²) < 4.78 is 0. The zero-order chi connectivity index (χ0) is 6.10. The highest BCUT2D eigenvalue weighted by Gasteiger charge is 2.16. The van der Waals surface area contributed by atoms with Crippen LogP contribution in [0.4, 0.5) is 0 Å². The van der Waals surface area contributed by atoms with E-state index in [0.717, 1.165) is 18.9 Å². The van der Waals surface area contributed by atoms with E-state index in [9.17, 15) is 0 Å². The highest BCUT2D eigenvalue weighted by atomic mass is 15.3. The highest BCUT2D eigenvalue weighted by molar-refractivity contribution is 5.62. The van der Waals surface area contributed by atoms with E-state index in [1.54, 1.807) is 0 Å². The Morgan fingerprint density at radius 1 is 1.78 bits per heavy atom. The van der Waals surface area contributed by atoms with E-state index in [1.807, 2.05) is 12.4 Å². The van der Waals surface area contributed by atoms with Gasteiger partial charge in [0, 0.05) is 12.8 Å². The monoisotopic (exact) mass is 121 g/mol. The average Bonchev–Trinajstić information content (AvgIpc) is 2.33. The number of nitrogens with one attached hydrogen (secondary N) is 1. The van der Waals surface area contributed by atoms with Crippen LogP contribution in [0.3, 0.4) is 0 Å². The lowest BCUT2D eigenvalue weighted by atomic mass is 10.5. The lowest BCUT2D eigenvalue weighted by Gasteiger charge is -2.17. The number of rotatable bonds is 0. The highest BCUT2D eigenvalue weighted by Crippen LogP contribution is 2.10. The van der Waals surface area contributed by atoms with Gasteiger partial charge in [0.05, 0.1) is 12.7 Å². The SMILES string of the molecule is [C]1CN2CC=NC=C2N1. The summed E-state index contributed by atoms with van der Waals surface area (Å²) in [5.74, 6) is 1.07. The molecule has 2 radical (unpaired) electrons. The maximum atomic E-state index is 3.99. The Hall–Kier alpha value is -0.990. The Kier molecular flexibility index (Phi) is 0.946. The van der Waals surface area contributed by atoms with Gasteiger partial charge in [-0.3, -0.25) is 4.99 Å². The molecule has 2 aliphatic rings. The lowest BCUT2D eigenvalue weighted by Crippen LogP contribution is -2.24. The summed E-state index contributed by atoms with van der Waals surface area (Å²) in [6.07, 6.45) is 3.70. The molecule has 0 aromatic rings. The van der Waals surface area contributed by atoms with Gasteiger partial charge >= 0.3 is 0 Å². The fourth-order valence-corrected chi connectivity index (χ4v) is 0.936. The van der Waals surface area contributed by atoms with Crippen LogP contribution >= 0.6 is 0 Å². The smallest absolute Gasteiger partial charge is 0.121 e. The van der Waals surface area contributed by atoms with Crippen molar-refractivity contribution in [2.24, 2.45) is 4.99 Å². The molecule has 9 heavy (non-hydrogen) atoms. The molecule has 3 nitrogen and oxygen atoms in total. The lowest BCUT2D eigenvalue weighted by molar-refractivity contribution is 0.453. The summed E-state index contributed by atoms with van der Waals surface area (Å²) in [5, 5.41) is 2.98. The molecule has 3 heteroatoms. The third-order valence-electron chi connectivity index (χ3n) is 1.43. The van der Waals surface area contributed by atoms with Crippen molar-refractivity contribution in [3.05, 3.63) is 18.6 Å². The Morgan fingerprint density at radius 3 is 3.67 bits per heavy atom. The molecule has 0 aliphatic carbocycles. The standard InChI is InChI=1S/C6H7N3/c1-3-9-4-2-8-6(9)5-7-1/h1,5,8H,3-4H2.